The third-order valence-corrected chi connectivity index (χ3v) is 2.45. The lowest BCUT2D eigenvalue weighted by Crippen LogP contribution is -2.36. The van der Waals surface area contributed by atoms with E-state index in [1.807, 2.05) is 0 Å². The molecule has 0 radical (unpaired) electrons. The zero-order chi connectivity index (χ0) is 13.2. The van der Waals surface area contributed by atoms with Crippen LogP contribution in [-0.2, 0) is 6.18 Å². The minimum Gasteiger partial charge on any atom is -0.325 e. The van der Waals surface area contributed by atoms with E-state index in [9.17, 15) is 13.2 Å². The largest absolute Gasteiger partial charge is 0.416 e. The van der Waals surface area contributed by atoms with Crippen LogP contribution in [0.3, 0.4) is 0 Å². The molecule has 0 amide bonds. The van der Waals surface area contributed by atoms with Gasteiger partial charge in [-0.2, -0.15) is 13.2 Å². The van der Waals surface area contributed by atoms with Crippen molar-refractivity contribution in [2.45, 2.75) is 25.1 Å². The molecule has 7 heteroatoms. The first-order valence-electron chi connectivity index (χ1n) is 5.48. The van der Waals surface area contributed by atoms with Crippen molar-refractivity contribution in [2.75, 3.05) is 5.32 Å². The molecule has 98 valence electrons. The summed E-state index contributed by atoms with van der Waals surface area (Å²) in [6, 6.07) is 5.10. The molecule has 1 aromatic rings. The molecule has 0 spiro atoms. The molecule has 2 rings (SSSR count). The highest BCUT2D eigenvalue weighted by Gasteiger charge is 2.30. The van der Waals surface area contributed by atoms with Crippen LogP contribution in [0.15, 0.2) is 29.3 Å². The van der Waals surface area contributed by atoms with Crippen molar-refractivity contribution >= 4 is 11.6 Å². The van der Waals surface area contributed by atoms with Crippen molar-refractivity contribution in [3.63, 3.8) is 0 Å². The quantitative estimate of drug-likeness (QED) is 0.329. The van der Waals surface area contributed by atoms with E-state index in [0.29, 0.717) is 5.69 Å². The molecule has 1 saturated carbocycles. The average Bonchev–Trinajstić information content (AvgIpc) is 3.11. The predicted molar refractivity (Wildman–Crippen MR) is 62.8 cm³/mol. The molecule has 4 N–H and O–H groups in total. The summed E-state index contributed by atoms with van der Waals surface area (Å²) in [4.78, 5) is 4.18. The zero-order valence-electron chi connectivity index (χ0n) is 9.46. The van der Waals surface area contributed by atoms with Gasteiger partial charge in [-0.05, 0) is 31.0 Å². The summed E-state index contributed by atoms with van der Waals surface area (Å²) >= 11 is 0. The van der Waals surface area contributed by atoms with Crippen molar-refractivity contribution in [1.82, 2.24) is 5.43 Å². The van der Waals surface area contributed by atoms with Crippen LogP contribution in [-0.4, -0.2) is 12.0 Å². The lowest BCUT2D eigenvalue weighted by atomic mass is 10.2. The van der Waals surface area contributed by atoms with E-state index in [0.717, 1.165) is 25.0 Å². The molecule has 0 atom stereocenters. The second-order valence-corrected chi connectivity index (χ2v) is 4.06. The fourth-order valence-corrected chi connectivity index (χ4v) is 1.40. The number of rotatable bonds is 2. The van der Waals surface area contributed by atoms with Gasteiger partial charge < -0.3 is 5.32 Å². The summed E-state index contributed by atoms with van der Waals surface area (Å²) in [6.07, 6.45) is -2.40. The SMILES string of the molecule is NNC(=NC1CC1)Nc1cccc(C(F)(F)F)c1. The standard InChI is InChI=1S/C11H13F3N4/c12-11(13,14)7-2-1-3-9(6-7)17-10(18-15)16-8-4-5-8/h1-3,6,8H,4-5,15H2,(H2,16,17,18). The minimum absolute atomic E-state index is 0.217. The average molecular weight is 258 g/mol. The number of halogens is 3. The molecular formula is C11H13F3N4. The number of guanidine groups is 1. The summed E-state index contributed by atoms with van der Waals surface area (Å²) in [7, 11) is 0. The normalized spacial score (nSPS) is 16.6. The topological polar surface area (TPSA) is 62.4 Å². The van der Waals surface area contributed by atoms with Gasteiger partial charge in [0.1, 0.15) is 0 Å². The maximum absolute atomic E-state index is 12.5. The summed E-state index contributed by atoms with van der Waals surface area (Å²) in [5.74, 6) is 5.53. The molecule has 1 aromatic carbocycles. The van der Waals surface area contributed by atoms with Crippen LogP contribution >= 0.6 is 0 Å². The van der Waals surface area contributed by atoms with Crippen LogP contribution in [0.4, 0.5) is 18.9 Å². The van der Waals surface area contributed by atoms with Crippen LogP contribution in [0.5, 0.6) is 0 Å². The molecule has 4 nitrogen and oxygen atoms in total. The van der Waals surface area contributed by atoms with Crippen molar-refractivity contribution < 1.29 is 13.2 Å². The van der Waals surface area contributed by atoms with Gasteiger partial charge in [0.25, 0.3) is 0 Å². The Kier molecular flexibility index (Phi) is 3.42. The lowest BCUT2D eigenvalue weighted by Gasteiger charge is -2.11. The molecule has 18 heavy (non-hydrogen) atoms. The Morgan fingerprint density at radius 1 is 1.33 bits per heavy atom. The van der Waals surface area contributed by atoms with Gasteiger partial charge in [0.15, 0.2) is 0 Å². The van der Waals surface area contributed by atoms with Crippen LogP contribution in [0, 0.1) is 0 Å². The predicted octanol–water partition coefficient (Wildman–Crippen LogP) is 2.10. The van der Waals surface area contributed by atoms with E-state index in [1.54, 1.807) is 0 Å². The fourth-order valence-electron chi connectivity index (χ4n) is 1.40. The van der Waals surface area contributed by atoms with E-state index in [2.05, 4.69) is 15.7 Å². The van der Waals surface area contributed by atoms with Crippen LogP contribution in [0.2, 0.25) is 0 Å². The number of benzene rings is 1. The Labute approximate surface area is 102 Å². The fraction of sp³-hybridized carbons (Fsp3) is 0.364. The van der Waals surface area contributed by atoms with Gasteiger partial charge in [0.2, 0.25) is 5.96 Å². The van der Waals surface area contributed by atoms with Crippen molar-refractivity contribution in [2.24, 2.45) is 10.8 Å². The Hall–Kier alpha value is -1.76. The summed E-state index contributed by atoms with van der Waals surface area (Å²) in [5.41, 5.74) is 1.92. The van der Waals surface area contributed by atoms with Crippen molar-refractivity contribution in [3.05, 3.63) is 29.8 Å². The van der Waals surface area contributed by atoms with Gasteiger partial charge in [-0.25, -0.2) is 10.8 Å². The van der Waals surface area contributed by atoms with E-state index in [1.165, 1.54) is 12.1 Å². The highest BCUT2D eigenvalue weighted by atomic mass is 19.4. The second-order valence-electron chi connectivity index (χ2n) is 4.06. The smallest absolute Gasteiger partial charge is 0.325 e. The number of nitrogens with zero attached hydrogens (tertiary/aromatic N) is 1. The first-order valence-corrected chi connectivity index (χ1v) is 5.48. The Morgan fingerprint density at radius 2 is 2.06 bits per heavy atom. The molecular weight excluding hydrogens is 245 g/mol. The van der Waals surface area contributed by atoms with Crippen LogP contribution < -0.4 is 16.6 Å². The number of nitrogens with one attached hydrogen (secondary N) is 2. The number of hydrogen-bond acceptors (Lipinski definition) is 2. The van der Waals surface area contributed by atoms with Gasteiger partial charge >= 0.3 is 6.18 Å². The van der Waals surface area contributed by atoms with Crippen LogP contribution in [0.1, 0.15) is 18.4 Å². The molecule has 0 unspecified atom stereocenters. The first-order chi connectivity index (χ1) is 8.49. The summed E-state index contributed by atoms with van der Waals surface area (Å²) in [6.45, 7) is 0. The maximum Gasteiger partial charge on any atom is 0.416 e. The number of aliphatic imine (C=N–C) groups is 1. The number of nitrogens with two attached hydrogens (primary N) is 1. The van der Waals surface area contributed by atoms with E-state index >= 15 is 0 Å². The lowest BCUT2D eigenvalue weighted by molar-refractivity contribution is -0.137. The van der Waals surface area contributed by atoms with E-state index in [-0.39, 0.29) is 12.0 Å². The highest BCUT2D eigenvalue weighted by Crippen LogP contribution is 2.30. The van der Waals surface area contributed by atoms with Gasteiger partial charge in [0, 0.05) is 5.69 Å². The van der Waals surface area contributed by atoms with Gasteiger partial charge in [-0.3, -0.25) is 5.43 Å². The van der Waals surface area contributed by atoms with Gasteiger partial charge in [0.05, 0.1) is 11.6 Å². The second kappa shape index (κ2) is 4.85. The molecule has 1 fully saturated rings. The number of hydrazine groups is 1. The molecule has 0 heterocycles. The Balaban J connectivity index is 2.13. The molecule has 0 bridgehead atoms. The van der Waals surface area contributed by atoms with Crippen molar-refractivity contribution in [1.29, 1.82) is 0 Å². The van der Waals surface area contributed by atoms with E-state index in [4.69, 9.17) is 5.84 Å². The molecule has 0 aromatic heterocycles. The minimum atomic E-state index is -4.36. The molecule has 1 aliphatic carbocycles. The number of alkyl halides is 3. The monoisotopic (exact) mass is 258 g/mol. The zero-order valence-corrected chi connectivity index (χ0v) is 9.46. The van der Waals surface area contributed by atoms with E-state index < -0.39 is 11.7 Å². The molecule has 0 aliphatic heterocycles. The molecule has 0 saturated heterocycles. The first kappa shape index (κ1) is 12.7. The van der Waals surface area contributed by atoms with Gasteiger partial charge in [-0.15, -0.1) is 0 Å². The third-order valence-electron chi connectivity index (χ3n) is 2.45. The number of anilines is 1. The number of hydrogen-bond donors (Lipinski definition) is 3. The Morgan fingerprint density at radius 3 is 2.61 bits per heavy atom. The summed E-state index contributed by atoms with van der Waals surface area (Å²) in [5, 5.41) is 2.73. The molecule has 1 aliphatic rings. The highest BCUT2D eigenvalue weighted by molar-refractivity contribution is 5.93. The van der Waals surface area contributed by atoms with Crippen LogP contribution in [0.25, 0.3) is 0 Å². The Bertz CT molecular complexity index is 452. The van der Waals surface area contributed by atoms with Crippen molar-refractivity contribution in [3.8, 4) is 0 Å². The van der Waals surface area contributed by atoms with Gasteiger partial charge in [-0.1, -0.05) is 6.07 Å². The summed E-state index contributed by atoms with van der Waals surface area (Å²) < 4.78 is 37.5. The third kappa shape index (κ3) is 3.36. The maximum atomic E-state index is 12.5.